The lowest BCUT2D eigenvalue weighted by Crippen LogP contribution is -2.19. The molecule has 0 fully saturated rings. The molecule has 0 radical (unpaired) electrons. The standard InChI is InChI=1S/C22H14ClNO3S/c23-14-11-9-13(10-12-14)22-19-20(15-5-1-2-6-16(15)21(19)25)24-17-7-3-4-8-18(17)28(22,26)27/h1-12,22,24H/t22-/m1/s1. The van der Waals surface area contributed by atoms with E-state index in [9.17, 15) is 13.2 Å². The van der Waals surface area contributed by atoms with E-state index >= 15 is 0 Å². The van der Waals surface area contributed by atoms with E-state index in [4.69, 9.17) is 11.6 Å². The molecule has 1 N–H and O–H groups in total. The molecule has 0 saturated heterocycles. The van der Waals surface area contributed by atoms with E-state index in [0.29, 0.717) is 33.1 Å². The molecule has 0 aromatic heterocycles. The number of hydrogen-bond acceptors (Lipinski definition) is 4. The number of rotatable bonds is 1. The van der Waals surface area contributed by atoms with Gasteiger partial charge in [-0.2, -0.15) is 0 Å². The maximum absolute atomic E-state index is 13.7. The molecule has 1 heterocycles. The second-order valence-corrected chi connectivity index (χ2v) is 9.20. The SMILES string of the molecule is O=C1C2=C(Nc3ccccc3S(=O)(=O)[C@@H]2c2ccc(Cl)cc2)c2ccccc21. The molecule has 4 nitrogen and oxygen atoms in total. The summed E-state index contributed by atoms with van der Waals surface area (Å²) in [7, 11) is -3.87. The van der Waals surface area contributed by atoms with Crippen molar-refractivity contribution < 1.29 is 13.2 Å². The largest absolute Gasteiger partial charge is 0.354 e. The fraction of sp³-hybridized carbons (Fsp3) is 0.0455. The van der Waals surface area contributed by atoms with Gasteiger partial charge in [-0.3, -0.25) is 4.79 Å². The summed E-state index contributed by atoms with van der Waals surface area (Å²) in [5, 5.41) is 2.62. The number of carbonyl (C=O) groups is 1. The number of halogens is 1. The minimum atomic E-state index is -3.87. The molecule has 138 valence electrons. The van der Waals surface area contributed by atoms with Gasteiger partial charge >= 0.3 is 0 Å². The Morgan fingerprint density at radius 1 is 0.821 bits per heavy atom. The number of sulfone groups is 1. The van der Waals surface area contributed by atoms with Crippen LogP contribution in [0.1, 0.15) is 26.7 Å². The molecule has 1 aliphatic heterocycles. The average molecular weight is 408 g/mol. The number of para-hydroxylation sites is 1. The molecular formula is C22H14ClNO3S. The molecule has 3 aromatic rings. The third-order valence-electron chi connectivity index (χ3n) is 5.15. The van der Waals surface area contributed by atoms with Gasteiger partial charge in [-0.1, -0.05) is 60.1 Å². The molecule has 6 heteroatoms. The van der Waals surface area contributed by atoms with Crippen molar-refractivity contribution in [1.82, 2.24) is 0 Å². The summed E-state index contributed by atoms with van der Waals surface area (Å²) in [4.78, 5) is 13.5. The summed E-state index contributed by atoms with van der Waals surface area (Å²) < 4.78 is 27.4. The van der Waals surface area contributed by atoms with E-state index < -0.39 is 15.1 Å². The van der Waals surface area contributed by atoms with Crippen LogP contribution in [0.5, 0.6) is 0 Å². The zero-order valence-corrected chi connectivity index (χ0v) is 16.1. The Bertz CT molecular complexity index is 1280. The molecule has 0 bridgehead atoms. The number of benzene rings is 3. The first-order chi connectivity index (χ1) is 13.5. The topological polar surface area (TPSA) is 63.2 Å². The van der Waals surface area contributed by atoms with Crippen LogP contribution < -0.4 is 5.32 Å². The minimum absolute atomic E-state index is 0.176. The van der Waals surface area contributed by atoms with Crippen molar-refractivity contribution in [1.29, 1.82) is 0 Å². The van der Waals surface area contributed by atoms with Crippen molar-refractivity contribution in [2.24, 2.45) is 0 Å². The molecule has 3 aromatic carbocycles. The quantitative estimate of drug-likeness (QED) is 0.624. The Morgan fingerprint density at radius 2 is 1.46 bits per heavy atom. The summed E-state index contributed by atoms with van der Waals surface area (Å²) in [6.07, 6.45) is 0. The number of ketones is 1. The van der Waals surface area contributed by atoms with Crippen LogP contribution in [0.3, 0.4) is 0 Å². The maximum atomic E-state index is 13.7. The first kappa shape index (κ1) is 17.2. The highest BCUT2D eigenvalue weighted by atomic mass is 35.5. The van der Waals surface area contributed by atoms with Crippen LogP contribution in [-0.4, -0.2) is 14.2 Å². The molecule has 0 spiro atoms. The first-order valence-corrected chi connectivity index (χ1v) is 10.6. The van der Waals surface area contributed by atoms with Crippen LogP contribution in [-0.2, 0) is 9.84 Å². The Balaban J connectivity index is 1.86. The minimum Gasteiger partial charge on any atom is -0.354 e. The number of Topliss-reactive ketones (excluding diaryl/α,β-unsaturated/α-hetero) is 1. The monoisotopic (exact) mass is 407 g/mol. The highest BCUT2D eigenvalue weighted by molar-refractivity contribution is 7.92. The zero-order chi connectivity index (χ0) is 19.5. The first-order valence-electron chi connectivity index (χ1n) is 8.72. The van der Waals surface area contributed by atoms with E-state index in [0.717, 1.165) is 0 Å². The fourth-order valence-electron chi connectivity index (χ4n) is 3.91. The lowest BCUT2D eigenvalue weighted by molar-refractivity contribution is 0.103. The van der Waals surface area contributed by atoms with Crippen LogP contribution in [0, 0.1) is 0 Å². The fourth-order valence-corrected chi connectivity index (χ4v) is 6.03. The van der Waals surface area contributed by atoms with E-state index in [2.05, 4.69) is 5.32 Å². The van der Waals surface area contributed by atoms with E-state index in [1.165, 1.54) is 0 Å². The van der Waals surface area contributed by atoms with Crippen molar-refractivity contribution >= 4 is 38.6 Å². The Kier molecular flexibility index (Phi) is 3.73. The van der Waals surface area contributed by atoms with Crippen LogP contribution in [0.4, 0.5) is 5.69 Å². The molecule has 1 aliphatic carbocycles. The van der Waals surface area contributed by atoms with Gasteiger partial charge in [0, 0.05) is 21.7 Å². The van der Waals surface area contributed by atoms with Gasteiger partial charge in [-0.25, -0.2) is 8.42 Å². The van der Waals surface area contributed by atoms with Gasteiger partial charge in [0.15, 0.2) is 15.6 Å². The summed E-state index contributed by atoms with van der Waals surface area (Å²) in [5.41, 5.74) is 3.00. The number of anilines is 1. The van der Waals surface area contributed by atoms with Crippen molar-refractivity contribution in [3.63, 3.8) is 0 Å². The molecule has 1 atom stereocenters. The van der Waals surface area contributed by atoms with Gasteiger partial charge in [0.05, 0.1) is 16.3 Å². The van der Waals surface area contributed by atoms with Gasteiger partial charge in [0.1, 0.15) is 5.25 Å². The Labute approximate surface area is 167 Å². The Hall–Kier alpha value is -2.89. The summed E-state index contributed by atoms with van der Waals surface area (Å²) in [6, 6.07) is 20.5. The predicted molar refractivity (Wildman–Crippen MR) is 109 cm³/mol. The van der Waals surface area contributed by atoms with Crippen LogP contribution >= 0.6 is 11.6 Å². The highest BCUT2D eigenvalue weighted by Crippen LogP contribution is 2.48. The van der Waals surface area contributed by atoms with Crippen LogP contribution in [0.2, 0.25) is 5.02 Å². The van der Waals surface area contributed by atoms with Crippen molar-refractivity contribution in [3.8, 4) is 0 Å². The third kappa shape index (κ3) is 2.37. The molecule has 2 aliphatic rings. The van der Waals surface area contributed by atoms with E-state index in [1.54, 1.807) is 60.7 Å². The smallest absolute Gasteiger partial charge is 0.193 e. The molecule has 0 amide bonds. The lowest BCUT2D eigenvalue weighted by Gasteiger charge is -2.18. The van der Waals surface area contributed by atoms with Gasteiger partial charge < -0.3 is 5.32 Å². The number of nitrogens with one attached hydrogen (secondary N) is 1. The normalized spacial score (nSPS) is 19.3. The van der Waals surface area contributed by atoms with E-state index in [1.807, 2.05) is 12.1 Å². The number of hydrogen-bond donors (Lipinski definition) is 1. The van der Waals surface area contributed by atoms with Crippen LogP contribution in [0.15, 0.2) is 83.3 Å². The van der Waals surface area contributed by atoms with Gasteiger partial charge in [0.25, 0.3) is 0 Å². The lowest BCUT2D eigenvalue weighted by atomic mass is 10.0. The summed E-state index contributed by atoms with van der Waals surface area (Å²) in [5.74, 6) is -0.269. The second-order valence-electron chi connectivity index (χ2n) is 6.76. The van der Waals surface area contributed by atoms with Crippen molar-refractivity contribution in [2.75, 3.05) is 5.32 Å². The summed E-state index contributed by atoms with van der Waals surface area (Å²) >= 11 is 6.01. The third-order valence-corrected chi connectivity index (χ3v) is 7.50. The maximum Gasteiger partial charge on any atom is 0.193 e. The van der Waals surface area contributed by atoms with Crippen molar-refractivity contribution in [3.05, 3.63) is 100 Å². The van der Waals surface area contributed by atoms with Gasteiger partial charge in [0.2, 0.25) is 0 Å². The van der Waals surface area contributed by atoms with E-state index in [-0.39, 0.29) is 16.3 Å². The predicted octanol–water partition coefficient (Wildman–Crippen LogP) is 4.89. The second kappa shape index (κ2) is 6.06. The van der Waals surface area contributed by atoms with Gasteiger partial charge in [-0.15, -0.1) is 0 Å². The van der Waals surface area contributed by atoms with Crippen LogP contribution in [0.25, 0.3) is 5.70 Å². The zero-order valence-electron chi connectivity index (χ0n) is 14.5. The van der Waals surface area contributed by atoms with Crippen molar-refractivity contribution in [2.45, 2.75) is 10.1 Å². The Morgan fingerprint density at radius 3 is 2.21 bits per heavy atom. The highest BCUT2D eigenvalue weighted by Gasteiger charge is 2.45. The summed E-state index contributed by atoms with van der Waals surface area (Å²) in [6.45, 7) is 0. The molecule has 5 rings (SSSR count). The molecule has 0 saturated carbocycles. The molecular weight excluding hydrogens is 394 g/mol. The average Bonchev–Trinajstić information content (AvgIpc) is 2.90. The molecule has 28 heavy (non-hydrogen) atoms. The molecule has 0 unspecified atom stereocenters. The van der Waals surface area contributed by atoms with Gasteiger partial charge in [-0.05, 0) is 29.8 Å². The number of carbonyl (C=O) groups excluding carboxylic acids is 1. The number of fused-ring (bicyclic) bond motifs is 3.